The minimum absolute atomic E-state index is 0.0386. The van der Waals surface area contributed by atoms with Crippen LogP contribution in [0.1, 0.15) is 55.0 Å². The maximum Gasteiger partial charge on any atom is 0.293 e. The van der Waals surface area contributed by atoms with Crippen molar-refractivity contribution in [2.75, 3.05) is 6.54 Å². The summed E-state index contributed by atoms with van der Waals surface area (Å²) in [5.41, 5.74) is 0.752. The van der Waals surface area contributed by atoms with Gasteiger partial charge in [-0.05, 0) is 50.7 Å². The molecule has 0 bridgehead atoms. The molecule has 4 rings (SSSR count). The number of carbonyl (C=O) groups excluding carboxylic acids is 1. The number of likely N-dealkylation sites (tertiary alicyclic amines) is 1. The summed E-state index contributed by atoms with van der Waals surface area (Å²) in [5, 5.41) is 5.07. The summed E-state index contributed by atoms with van der Waals surface area (Å²) in [5.74, 6) is 1.57. The molecule has 1 saturated heterocycles. The predicted molar refractivity (Wildman–Crippen MR) is 97.1 cm³/mol. The summed E-state index contributed by atoms with van der Waals surface area (Å²) in [4.78, 5) is 19.5. The predicted octanol–water partition coefficient (Wildman–Crippen LogP) is 4.02. The minimum Gasteiger partial charge on any atom is -0.333 e. The molecule has 2 aromatic rings. The van der Waals surface area contributed by atoms with Crippen LogP contribution in [0, 0.1) is 12.8 Å². The van der Waals surface area contributed by atoms with Gasteiger partial charge in [-0.3, -0.25) is 4.79 Å². The topological polar surface area (TPSA) is 51.0 Å². The van der Waals surface area contributed by atoms with Gasteiger partial charge >= 0.3 is 0 Å². The van der Waals surface area contributed by atoms with Crippen molar-refractivity contribution < 1.29 is 4.79 Å². The Labute approximate surface area is 153 Å². The van der Waals surface area contributed by atoms with Gasteiger partial charge in [-0.15, -0.1) is 5.10 Å². The van der Waals surface area contributed by atoms with E-state index in [0.717, 1.165) is 25.1 Å². The lowest BCUT2D eigenvalue weighted by Gasteiger charge is -2.28. The van der Waals surface area contributed by atoms with Crippen LogP contribution in [0.2, 0.25) is 5.02 Å². The number of amides is 1. The molecular weight excluding hydrogens is 336 g/mol. The normalized spacial score (nSPS) is 21.2. The molecule has 1 aliphatic carbocycles. The summed E-state index contributed by atoms with van der Waals surface area (Å²) in [6.07, 6.45) is 7.27. The van der Waals surface area contributed by atoms with Crippen molar-refractivity contribution in [1.82, 2.24) is 19.7 Å². The Kier molecular flexibility index (Phi) is 4.50. The largest absolute Gasteiger partial charge is 0.333 e. The molecule has 1 amide bonds. The maximum absolute atomic E-state index is 13.1. The van der Waals surface area contributed by atoms with Gasteiger partial charge in [0.15, 0.2) is 0 Å². The van der Waals surface area contributed by atoms with Gasteiger partial charge in [0, 0.05) is 12.6 Å². The van der Waals surface area contributed by atoms with Crippen molar-refractivity contribution in [2.24, 2.45) is 5.92 Å². The molecule has 1 aromatic carbocycles. The van der Waals surface area contributed by atoms with Crippen molar-refractivity contribution in [1.29, 1.82) is 0 Å². The zero-order valence-corrected chi connectivity index (χ0v) is 15.2. The number of nitrogens with zero attached hydrogens (tertiary/aromatic N) is 4. The highest BCUT2D eigenvalue weighted by atomic mass is 35.5. The minimum atomic E-state index is -0.0386. The summed E-state index contributed by atoms with van der Waals surface area (Å²) in [7, 11) is 0. The molecule has 2 fully saturated rings. The first-order chi connectivity index (χ1) is 12.1. The first-order valence-corrected chi connectivity index (χ1v) is 9.52. The zero-order valence-electron chi connectivity index (χ0n) is 14.5. The molecule has 2 aliphatic rings. The van der Waals surface area contributed by atoms with Gasteiger partial charge in [-0.2, -0.15) is 0 Å². The highest BCUT2D eigenvalue weighted by molar-refractivity contribution is 6.32. The summed E-state index contributed by atoms with van der Waals surface area (Å²) in [6, 6.07) is 7.84. The fourth-order valence-corrected chi connectivity index (χ4v) is 4.55. The highest BCUT2D eigenvalue weighted by Gasteiger charge is 2.37. The Morgan fingerprint density at radius 3 is 2.68 bits per heavy atom. The standard InChI is InChI=1S/C19H23ClN4O/c1-13-21-18(22-24(13)17-10-5-4-9-15(17)20)19(25)23-12-6-11-16(23)14-7-2-3-8-14/h4-5,9-10,14,16H,2-3,6-8,11-12H2,1H3. The Morgan fingerprint density at radius 1 is 1.16 bits per heavy atom. The van der Waals surface area contributed by atoms with Crippen LogP contribution in [-0.2, 0) is 0 Å². The van der Waals surface area contributed by atoms with Gasteiger partial charge < -0.3 is 4.90 Å². The number of halogens is 1. The Bertz CT molecular complexity index is 781. The number of aryl methyl sites for hydroxylation is 1. The smallest absolute Gasteiger partial charge is 0.293 e. The third-order valence-corrected chi connectivity index (χ3v) is 5.86. The molecule has 0 radical (unpaired) electrons. The van der Waals surface area contributed by atoms with E-state index < -0.39 is 0 Å². The van der Waals surface area contributed by atoms with E-state index in [1.54, 1.807) is 4.68 Å². The van der Waals surface area contributed by atoms with Crippen molar-refractivity contribution in [3.8, 4) is 5.69 Å². The molecule has 2 heterocycles. The van der Waals surface area contributed by atoms with E-state index in [0.29, 0.717) is 22.8 Å². The van der Waals surface area contributed by atoms with Crippen molar-refractivity contribution >= 4 is 17.5 Å². The number of rotatable bonds is 3. The van der Waals surface area contributed by atoms with Crippen LogP contribution in [0.25, 0.3) is 5.69 Å². The van der Waals surface area contributed by atoms with E-state index in [-0.39, 0.29) is 11.7 Å². The molecule has 5 nitrogen and oxygen atoms in total. The molecule has 132 valence electrons. The Morgan fingerprint density at radius 2 is 1.92 bits per heavy atom. The number of hydrogen-bond donors (Lipinski definition) is 0. The van der Waals surface area contributed by atoms with E-state index in [4.69, 9.17) is 11.6 Å². The van der Waals surface area contributed by atoms with Gasteiger partial charge in [0.05, 0.1) is 10.7 Å². The molecular formula is C19H23ClN4O. The first kappa shape index (κ1) is 16.6. The molecule has 6 heteroatoms. The molecule has 1 saturated carbocycles. The van der Waals surface area contributed by atoms with Gasteiger partial charge in [0.2, 0.25) is 5.82 Å². The fraction of sp³-hybridized carbons (Fsp3) is 0.526. The summed E-state index contributed by atoms with van der Waals surface area (Å²) < 4.78 is 1.66. The lowest BCUT2D eigenvalue weighted by Crippen LogP contribution is -2.40. The molecule has 0 N–H and O–H groups in total. The van der Waals surface area contributed by atoms with Gasteiger partial charge in [-0.25, -0.2) is 9.67 Å². The molecule has 1 atom stereocenters. The number of para-hydroxylation sites is 1. The quantitative estimate of drug-likeness (QED) is 0.832. The number of benzene rings is 1. The lowest BCUT2D eigenvalue weighted by molar-refractivity contribution is 0.0676. The Hall–Kier alpha value is -1.88. The monoisotopic (exact) mass is 358 g/mol. The van der Waals surface area contributed by atoms with Crippen LogP contribution in [0.5, 0.6) is 0 Å². The third kappa shape index (κ3) is 3.06. The molecule has 1 aliphatic heterocycles. The second kappa shape index (κ2) is 6.79. The number of hydrogen-bond acceptors (Lipinski definition) is 3. The second-order valence-corrected chi connectivity index (χ2v) is 7.51. The van der Waals surface area contributed by atoms with Gasteiger partial charge in [-0.1, -0.05) is 36.6 Å². The summed E-state index contributed by atoms with van der Waals surface area (Å²) in [6.45, 7) is 2.67. The van der Waals surface area contributed by atoms with Crippen LogP contribution >= 0.6 is 11.6 Å². The van der Waals surface area contributed by atoms with Crippen molar-refractivity contribution in [3.63, 3.8) is 0 Å². The second-order valence-electron chi connectivity index (χ2n) is 7.10. The van der Waals surface area contributed by atoms with Crippen LogP contribution in [0.4, 0.5) is 0 Å². The Balaban J connectivity index is 1.60. The first-order valence-electron chi connectivity index (χ1n) is 9.14. The molecule has 0 spiro atoms. The van der Waals surface area contributed by atoms with Crippen LogP contribution in [0.15, 0.2) is 24.3 Å². The average Bonchev–Trinajstić information content (AvgIpc) is 3.35. The van der Waals surface area contributed by atoms with E-state index in [9.17, 15) is 4.79 Å². The van der Waals surface area contributed by atoms with E-state index in [2.05, 4.69) is 10.1 Å². The molecule has 1 aromatic heterocycles. The van der Waals surface area contributed by atoms with E-state index in [1.807, 2.05) is 36.1 Å². The van der Waals surface area contributed by atoms with Gasteiger partial charge in [0.25, 0.3) is 5.91 Å². The van der Waals surface area contributed by atoms with Crippen molar-refractivity contribution in [3.05, 3.63) is 40.9 Å². The number of aromatic nitrogens is 3. The molecule has 25 heavy (non-hydrogen) atoms. The zero-order chi connectivity index (χ0) is 17.4. The van der Waals surface area contributed by atoms with Gasteiger partial charge in [0.1, 0.15) is 5.82 Å². The lowest BCUT2D eigenvalue weighted by atomic mass is 9.96. The van der Waals surface area contributed by atoms with E-state index >= 15 is 0 Å². The van der Waals surface area contributed by atoms with E-state index in [1.165, 1.54) is 25.7 Å². The van der Waals surface area contributed by atoms with Crippen LogP contribution < -0.4 is 0 Å². The number of carbonyl (C=O) groups is 1. The average molecular weight is 359 g/mol. The summed E-state index contributed by atoms with van der Waals surface area (Å²) >= 11 is 6.27. The fourth-order valence-electron chi connectivity index (χ4n) is 4.34. The highest BCUT2D eigenvalue weighted by Crippen LogP contribution is 2.36. The van der Waals surface area contributed by atoms with Crippen LogP contribution in [-0.4, -0.2) is 38.2 Å². The third-order valence-electron chi connectivity index (χ3n) is 5.54. The van der Waals surface area contributed by atoms with Crippen molar-refractivity contribution in [2.45, 2.75) is 51.5 Å². The SMILES string of the molecule is Cc1nc(C(=O)N2CCCC2C2CCCC2)nn1-c1ccccc1Cl. The maximum atomic E-state index is 13.1. The molecule has 1 unspecified atom stereocenters. The van der Waals surface area contributed by atoms with Crippen LogP contribution in [0.3, 0.4) is 0 Å².